The highest BCUT2D eigenvalue weighted by Gasteiger charge is 2.17. The molecule has 1 aromatic heterocycles. The van der Waals surface area contributed by atoms with Crippen molar-refractivity contribution in [1.82, 2.24) is 4.68 Å². The lowest BCUT2D eigenvalue weighted by Gasteiger charge is -2.17. The highest BCUT2D eigenvalue weighted by atomic mass is 16.5. The fourth-order valence-electron chi connectivity index (χ4n) is 3.11. The van der Waals surface area contributed by atoms with Crippen molar-refractivity contribution < 1.29 is 19.1 Å². The van der Waals surface area contributed by atoms with Crippen LogP contribution in [0.5, 0.6) is 11.5 Å². The number of hydrogen-bond acceptors (Lipinski definition) is 4. The van der Waals surface area contributed by atoms with Crippen LogP contribution in [0.3, 0.4) is 0 Å². The molecule has 0 saturated heterocycles. The molecule has 7 heteroatoms. The second kappa shape index (κ2) is 9.38. The summed E-state index contributed by atoms with van der Waals surface area (Å²) in [7, 11) is 1.55. The Balaban J connectivity index is 1.62. The van der Waals surface area contributed by atoms with Crippen molar-refractivity contribution in [2.75, 3.05) is 17.9 Å². The third kappa shape index (κ3) is 5.25. The molecule has 0 saturated carbocycles. The maximum absolute atomic E-state index is 12.6. The van der Waals surface area contributed by atoms with E-state index in [0.717, 1.165) is 17.0 Å². The molecule has 0 spiro atoms. The van der Waals surface area contributed by atoms with Crippen molar-refractivity contribution in [3.05, 3.63) is 77.1 Å². The first-order chi connectivity index (χ1) is 14.8. The quantitative estimate of drug-likeness (QED) is 0.599. The largest absolute Gasteiger partial charge is 0.495 e. The Hall–Kier alpha value is -3.74. The molecule has 2 amide bonds. The second-order valence-electron chi connectivity index (χ2n) is 7.37. The summed E-state index contributed by atoms with van der Waals surface area (Å²) in [6.07, 6.45) is -0.741. The maximum Gasteiger partial charge on any atom is 0.270 e. The SMILES string of the molecule is COc1ccc(C)cc1NC(=O)[C@@H](C)Oc1ccc(C(=O)Nn2c(C)ccc2C)cc1. The molecule has 7 nitrogen and oxygen atoms in total. The van der Waals surface area contributed by atoms with Crippen molar-refractivity contribution in [1.29, 1.82) is 0 Å². The Kier molecular flexibility index (Phi) is 6.65. The number of methoxy groups -OCH3 is 1. The Labute approximate surface area is 182 Å². The van der Waals surface area contributed by atoms with Gasteiger partial charge in [-0.25, -0.2) is 0 Å². The normalized spacial score (nSPS) is 11.5. The van der Waals surface area contributed by atoms with E-state index in [1.807, 2.05) is 45.0 Å². The molecule has 1 atom stereocenters. The van der Waals surface area contributed by atoms with Crippen LogP contribution in [0.25, 0.3) is 0 Å². The average Bonchev–Trinajstić information content (AvgIpc) is 3.06. The molecule has 0 unspecified atom stereocenters. The van der Waals surface area contributed by atoms with Crippen molar-refractivity contribution in [3.8, 4) is 11.5 Å². The van der Waals surface area contributed by atoms with Gasteiger partial charge in [-0.1, -0.05) is 6.07 Å². The van der Waals surface area contributed by atoms with E-state index in [1.165, 1.54) is 0 Å². The number of nitrogens with one attached hydrogen (secondary N) is 2. The van der Waals surface area contributed by atoms with Crippen LogP contribution >= 0.6 is 0 Å². The van der Waals surface area contributed by atoms with Gasteiger partial charge in [0.05, 0.1) is 12.8 Å². The predicted octanol–water partition coefficient (Wildman–Crippen LogP) is 4.21. The molecule has 0 fully saturated rings. The van der Waals surface area contributed by atoms with Gasteiger partial charge in [-0.2, -0.15) is 0 Å². The predicted molar refractivity (Wildman–Crippen MR) is 120 cm³/mol. The number of aromatic nitrogens is 1. The van der Waals surface area contributed by atoms with Crippen molar-refractivity contribution in [2.24, 2.45) is 0 Å². The van der Waals surface area contributed by atoms with Crippen molar-refractivity contribution >= 4 is 17.5 Å². The molecule has 0 aliphatic rings. The molecule has 3 aromatic rings. The Morgan fingerprint density at radius 2 is 1.58 bits per heavy atom. The van der Waals surface area contributed by atoms with Gasteiger partial charge in [0, 0.05) is 17.0 Å². The van der Waals surface area contributed by atoms with Gasteiger partial charge in [-0.05, 0) is 81.8 Å². The van der Waals surface area contributed by atoms with E-state index in [4.69, 9.17) is 9.47 Å². The van der Waals surface area contributed by atoms with Crippen LogP contribution in [0.2, 0.25) is 0 Å². The van der Waals surface area contributed by atoms with E-state index in [2.05, 4.69) is 10.7 Å². The summed E-state index contributed by atoms with van der Waals surface area (Å²) in [5, 5.41) is 2.83. The van der Waals surface area contributed by atoms with Crippen LogP contribution < -0.4 is 20.2 Å². The highest BCUT2D eigenvalue weighted by molar-refractivity contribution is 6.00. The van der Waals surface area contributed by atoms with E-state index in [9.17, 15) is 9.59 Å². The third-order valence-corrected chi connectivity index (χ3v) is 4.90. The van der Waals surface area contributed by atoms with Crippen molar-refractivity contribution in [2.45, 2.75) is 33.8 Å². The lowest BCUT2D eigenvalue weighted by Crippen LogP contribution is -2.30. The second-order valence-corrected chi connectivity index (χ2v) is 7.37. The number of rotatable bonds is 7. The topological polar surface area (TPSA) is 81.6 Å². The summed E-state index contributed by atoms with van der Waals surface area (Å²) in [6.45, 7) is 7.44. The van der Waals surface area contributed by atoms with Crippen LogP contribution in [-0.2, 0) is 4.79 Å². The van der Waals surface area contributed by atoms with E-state index < -0.39 is 6.10 Å². The average molecular weight is 421 g/mol. The Morgan fingerprint density at radius 3 is 2.19 bits per heavy atom. The Morgan fingerprint density at radius 1 is 0.935 bits per heavy atom. The zero-order chi connectivity index (χ0) is 22.5. The lowest BCUT2D eigenvalue weighted by molar-refractivity contribution is -0.122. The van der Waals surface area contributed by atoms with Gasteiger partial charge in [0.2, 0.25) is 0 Å². The molecule has 31 heavy (non-hydrogen) atoms. The monoisotopic (exact) mass is 421 g/mol. The third-order valence-electron chi connectivity index (χ3n) is 4.90. The minimum absolute atomic E-state index is 0.230. The van der Waals surface area contributed by atoms with Crippen LogP contribution in [0.4, 0.5) is 5.69 Å². The maximum atomic E-state index is 12.6. The number of carbonyl (C=O) groups is 2. The zero-order valence-electron chi connectivity index (χ0n) is 18.4. The van der Waals surface area contributed by atoms with Gasteiger partial charge >= 0.3 is 0 Å². The number of ether oxygens (including phenoxy) is 2. The summed E-state index contributed by atoms with van der Waals surface area (Å²) in [6, 6.07) is 16.1. The van der Waals surface area contributed by atoms with E-state index >= 15 is 0 Å². The molecule has 0 bridgehead atoms. The smallest absolute Gasteiger partial charge is 0.270 e. The fraction of sp³-hybridized carbons (Fsp3) is 0.250. The minimum atomic E-state index is -0.741. The van der Waals surface area contributed by atoms with Crippen molar-refractivity contribution in [3.63, 3.8) is 0 Å². The molecular formula is C24H27N3O4. The molecule has 0 radical (unpaired) electrons. The van der Waals surface area contributed by atoms with Crippen LogP contribution in [-0.4, -0.2) is 29.7 Å². The first-order valence-electron chi connectivity index (χ1n) is 9.97. The summed E-state index contributed by atoms with van der Waals surface area (Å²) in [4.78, 5) is 25.1. The lowest BCUT2D eigenvalue weighted by atomic mass is 10.2. The van der Waals surface area contributed by atoms with E-state index in [-0.39, 0.29) is 11.8 Å². The van der Waals surface area contributed by atoms with Crippen LogP contribution in [0.15, 0.2) is 54.6 Å². The molecule has 3 rings (SSSR count). The number of aryl methyl sites for hydroxylation is 3. The molecule has 162 valence electrons. The number of carbonyl (C=O) groups excluding carboxylic acids is 2. The van der Waals surface area contributed by atoms with Gasteiger partial charge in [0.25, 0.3) is 11.8 Å². The molecule has 1 heterocycles. The molecule has 2 N–H and O–H groups in total. The van der Waals surface area contributed by atoms with E-state index in [1.54, 1.807) is 49.0 Å². The summed E-state index contributed by atoms with van der Waals surface area (Å²) in [5.74, 6) is 0.536. The Bertz CT molecular complexity index is 1070. The fourth-order valence-corrected chi connectivity index (χ4v) is 3.11. The number of hydrogen-bond donors (Lipinski definition) is 2. The standard InChI is InChI=1S/C24H27N3O4/c1-15-6-13-22(30-5)21(14-15)25-23(28)18(4)31-20-11-9-19(10-12-20)24(29)26-27-16(2)7-8-17(27)3/h6-14,18H,1-5H3,(H,25,28)(H,26,29)/t18-/m1/s1. The number of amides is 2. The highest BCUT2D eigenvalue weighted by Crippen LogP contribution is 2.25. The zero-order valence-corrected chi connectivity index (χ0v) is 18.4. The summed E-state index contributed by atoms with van der Waals surface area (Å²) < 4.78 is 12.8. The minimum Gasteiger partial charge on any atom is -0.495 e. The van der Waals surface area contributed by atoms with Crippen LogP contribution in [0, 0.1) is 20.8 Å². The van der Waals surface area contributed by atoms with Crippen LogP contribution in [0.1, 0.15) is 34.2 Å². The number of anilines is 1. The molecule has 0 aliphatic heterocycles. The van der Waals surface area contributed by atoms with Gasteiger partial charge in [-0.3, -0.25) is 19.7 Å². The number of nitrogens with zero attached hydrogens (tertiary/aromatic N) is 1. The van der Waals surface area contributed by atoms with Gasteiger partial charge in [0.1, 0.15) is 11.5 Å². The molecular weight excluding hydrogens is 394 g/mol. The van der Waals surface area contributed by atoms with Gasteiger partial charge in [0.15, 0.2) is 6.10 Å². The first kappa shape index (κ1) is 22.0. The molecule has 0 aliphatic carbocycles. The summed E-state index contributed by atoms with van der Waals surface area (Å²) in [5.41, 5.74) is 6.82. The van der Waals surface area contributed by atoms with E-state index in [0.29, 0.717) is 22.7 Å². The first-order valence-corrected chi connectivity index (χ1v) is 9.97. The summed E-state index contributed by atoms with van der Waals surface area (Å²) >= 11 is 0. The number of benzene rings is 2. The molecule has 2 aromatic carbocycles. The van der Waals surface area contributed by atoms with Gasteiger partial charge < -0.3 is 14.8 Å². The van der Waals surface area contributed by atoms with Gasteiger partial charge in [-0.15, -0.1) is 0 Å².